The summed E-state index contributed by atoms with van der Waals surface area (Å²) >= 11 is 0. The molecule has 0 atom stereocenters. The molecule has 0 heterocycles. The van der Waals surface area contributed by atoms with Crippen molar-refractivity contribution in [1.29, 1.82) is 0 Å². The van der Waals surface area contributed by atoms with Crippen LogP contribution in [0.2, 0.25) is 0 Å². The highest BCUT2D eigenvalue weighted by Crippen LogP contribution is 2.64. The highest BCUT2D eigenvalue weighted by Gasteiger charge is 2.95. The second-order valence-corrected chi connectivity index (χ2v) is 7.53. The minimum Gasteiger partial charge on any atom is -0.199 e. The van der Waals surface area contributed by atoms with Crippen molar-refractivity contribution in [2.24, 2.45) is 0 Å². The van der Waals surface area contributed by atoms with Crippen LogP contribution in [0.25, 0.3) is 0 Å². The highest BCUT2D eigenvalue weighted by molar-refractivity contribution is 5.15. The molecule has 0 aliphatic rings. The van der Waals surface area contributed by atoms with Gasteiger partial charge in [-0.2, -0.15) is 74.6 Å². The minimum atomic E-state index is -8.75. The van der Waals surface area contributed by atoms with E-state index in [9.17, 15) is 83.6 Å². The molecule has 1 aromatic carbocycles. The smallest absolute Gasteiger partial charge is 0.199 e. The topological polar surface area (TPSA) is 0 Å². The molecule has 1 aromatic rings. The van der Waals surface area contributed by atoms with Crippen LogP contribution in [0.4, 0.5) is 83.6 Å². The van der Waals surface area contributed by atoms with Crippen LogP contribution in [0, 0.1) is 0 Å². The van der Waals surface area contributed by atoms with Gasteiger partial charge < -0.3 is 0 Å². The molecule has 0 aromatic heterocycles. The Morgan fingerprint density at radius 1 is 0.486 bits per heavy atom. The first-order chi connectivity index (χ1) is 16.0. The molecule has 0 saturated carbocycles. The molecule has 1 nitrogen and oxygen atoms in total. The predicted octanol–water partition coefficient (Wildman–Crippen LogP) is 8.17. The Balaban J connectivity index is 3.38. The van der Waals surface area contributed by atoms with Gasteiger partial charge in [-0.3, -0.25) is 0 Å². The first kappa shape index (κ1) is 32.9. The van der Waals surface area contributed by atoms with E-state index in [0.29, 0.717) is 0 Å². The summed E-state index contributed by atoms with van der Waals surface area (Å²) in [4.78, 5) is -3.72. The van der Waals surface area contributed by atoms with Crippen LogP contribution >= 0.6 is 0 Å². The van der Waals surface area contributed by atoms with Gasteiger partial charge in [-0.15, -0.1) is 0 Å². The van der Waals surface area contributed by atoms with Crippen LogP contribution in [-0.4, -0.2) is 59.1 Å². The number of quaternary nitrogens is 1. The van der Waals surface area contributed by atoms with Crippen molar-refractivity contribution >= 4 is 0 Å². The van der Waals surface area contributed by atoms with Crippen molar-refractivity contribution in [3.63, 3.8) is 0 Å². The third kappa shape index (κ3) is 5.25. The summed E-state index contributed by atoms with van der Waals surface area (Å²) in [6, 6.07) is 5.40. The van der Waals surface area contributed by atoms with Crippen LogP contribution in [-0.2, 0) is 6.54 Å². The number of alkyl halides is 17. The molecule has 0 amide bonds. The van der Waals surface area contributed by atoms with Gasteiger partial charge in [-0.25, -0.2) is 0 Å². The average molecular weight is 590 g/mol. The average Bonchev–Trinajstić information content (AvgIpc) is 2.71. The lowest BCUT2D eigenvalue weighted by molar-refractivity contribution is -1.18. The van der Waals surface area contributed by atoms with Crippen molar-refractivity contribution < 1.29 is 88.5 Å². The molecule has 1 rings (SSSR count). The van der Waals surface area contributed by atoms with E-state index in [1.54, 1.807) is 0 Å². The van der Waals surface area contributed by atoms with Gasteiger partial charge in [0.15, 0.2) is 13.1 Å². The Morgan fingerprint density at radius 2 is 0.838 bits per heavy atom. The van der Waals surface area contributed by atoms with E-state index in [2.05, 4.69) is 0 Å². The third-order valence-electron chi connectivity index (χ3n) is 4.80. The molecule has 0 bridgehead atoms. The summed E-state index contributed by atoms with van der Waals surface area (Å²) in [6.45, 7) is -4.15. The maximum Gasteiger partial charge on any atom is 0.460 e. The standard InChI is InChI=1S/C17H11F19N/c18-10(19,6-7-37(35,36)8-9-4-2-1-3-5-9)11(20,21)12(22,23)13(24,25)14(26,27)15(28,29)16(30,31)17(32,33)34/h1-5H,6-8H2/q+1. The number of nitrogens with zero attached hydrogens (tertiary/aromatic N) is 1. The lowest BCUT2D eigenvalue weighted by Gasteiger charge is -2.42. The molecule has 0 fully saturated rings. The van der Waals surface area contributed by atoms with Crippen LogP contribution in [0.3, 0.4) is 0 Å². The first-order valence-corrected chi connectivity index (χ1v) is 9.05. The Hall–Kier alpha value is -2.15. The van der Waals surface area contributed by atoms with E-state index >= 15 is 0 Å². The molecule has 0 N–H and O–H groups in total. The SMILES string of the molecule is FC(F)(F)C(F)(F)C(F)(F)C(F)(F)C(F)(F)C(F)(F)C(F)(F)C(F)(F)CC[N+](F)(F)Cc1ccccc1. The molecule has 20 heteroatoms. The fourth-order valence-electron chi connectivity index (χ4n) is 2.59. The molecule has 37 heavy (non-hydrogen) atoms. The van der Waals surface area contributed by atoms with E-state index in [4.69, 9.17) is 0 Å². The molecule has 0 radical (unpaired) electrons. The van der Waals surface area contributed by atoms with Crippen molar-refractivity contribution in [1.82, 2.24) is 0 Å². The molecule has 216 valence electrons. The summed E-state index contributed by atoms with van der Waals surface area (Å²) in [6.07, 6.45) is -11.0. The maximum absolute atomic E-state index is 13.8. The fraction of sp³-hybridized carbons (Fsp3) is 0.647. The summed E-state index contributed by atoms with van der Waals surface area (Å²) in [7, 11) is 0. The first-order valence-electron chi connectivity index (χ1n) is 9.05. The predicted molar refractivity (Wildman–Crippen MR) is 82.8 cm³/mol. The molecule has 0 aliphatic carbocycles. The zero-order valence-electron chi connectivity index (χ0n) is 17.1. The maximum atomic E-state index is 13.8. The van der Waals surface area contributed by atoms with Gasteiger partial charge in [0.25, 0.3) is 0 Å². The van der Waals surface area contributed by atoms with E-state index in [0.717, 1.165) is 24.3 Å². The van der Waals surface area contributed by atoms with Gasteiger partial charge in [-0.05, 0) is 0 Å². The summed E-state index contributed by atoms with van der Waals surface area (Å²) in [5, 5.41) is 0. The Morgan fingerprint density at radius 3 is 1.22 bits per heavy atom. The number of hydrogen-bond acceptors (Lipinski definition) is 0. The number of benzene rings is 1. The third-order valence-corrected chi connectivity index (χ3v) is 4.80. The second kappa shape index (κ2) is 9.25. The zero-order valence-corrected chi connectivity index (χ0v) is 17.1. The van der Waals surface area contributed by atoms with E-state index in [1.165, 1.54) is 6.07 Å². The van der Waals surface area contributed by atoms with Crippen LogP contribution in [0.5, 0.6) is 0 Å². The number of halogens is 19. The Labute approximate surface area is 192 Å². The van der Waals surface area contributed by atoms with Gasteiger partial charge in [0.05, 0.1) is 11.3 Å². The van der Waals surface area contributed by atoms with Gasteiger partial charge in [0.1, 0.15) is 0 Å². The normalized spacial score (nSPS) is 15.8. The van der Waals surface area contributed by atoms with Gasteiger partial charge in [0, 0.05) is 14.5 Å². The molecular weight excluding hydrogens is 579 g/mol. The lowest BCUT2D eigenvalue weighted by Crippen LogP contribution is -2.74. The van der Waals surface area contributed by atoms with Crippen molar-refractivity contribution in [3.8, 4) is 0 Å². The summed E-state index contributed by atoms with van der Waals surface area (Å²) < 4.78 is 251. The monoisotopic (exact) mass is 590 g/mol. The Bertz CT molecular complexity index is 918. The van der Waals surface area contributed by atoms with Crippen LogP contribution < -0.4 is 0 Å². The van der Waals surface area contributed by atoms with E-state index < -0.39 is 72.1 Å². The Kier molecular flexibility index (Phi) is 8.22. The number of rotatable bonds is 11. The van der Waals surface area contributed by atoms with Gasteiger partial charge >= 0.3 is 47.6 Å². The molecule has 0 aliphatic heterocycles. The van der Waals surface area contributed by atoms with Crippen LogP contribution in [0.1, 0.15) is 12.0 Å². The summed E-state index contributed by atoms with van der Waals surface area (Å²) in [5.74, 6) is -57.7. The minimum absolute atomic E-state index is 0.369. The molecule has 0 spiro atoms. The molecule has 0 unspecified atom stereocenters. The molecular formula is C17H11F19N+. The fourth-order valence-corrected chi connectivity index (χ4v) is 2.59. The van der Waals surface area contributed by atoms with Gasteiger partial charge in [-0.1, -0.05) is 30.3 Å². The van der Waals surface area contributed by atoms with E-state index in [-0.39, 0.29) is 5.56 Å². The second-order valence-electron chi connectivity index (χ2n) is 7.53. The lowest BCUT2D eigenvalue weighted by atomic mass is 9.88. The van der Waals surface area contributed by atoms with Crippen molar-refractivity contribution in [2.45, 2.75) is 60.6 Å². The summed E-state index contributed by atoms with van der Waals surface area (Å²) in [5.41, 5.74) is -0.369. The van der Waals surface area contributed by atoms with Crippen LogP contribution in [0.15, 0.2) is 30.3 Å². The number of hydrogen-bond donors (Lipinski definition) is 0. The zero-order chi connectivity index (χ0) is 29.7. The molecule has 0 saturated heterocycles. The van der Waals surface area contributed by atoms with Gasteiger partial charge in [0.2, 0.25) is 0 Å². The largest absolute Gasteiger partial charge is 0.460 e. The highest BCUT2D eigenvalue weighted by atomic mass is 19.4. The van der Waals surface area contributed by atoms with E-state index in [1.807, 2.05) is 0 Å². The van der Waals surface area contributed by atoms with Crippen molar-refractivity contribution in [3.05, 3.63) is 35.9 Å². The quantitative estimate of drug-likeness (QED) is 0.180. The van der Waals surface area contributed by atoms with Crippen molar-refractivity contribution in [2.75, 3.05) is 6.54 Å².